The van der Waals surface area contributed by atoms with Gasteiger partial charge in [0.05, 0.1) is 6.54 Å². The molecule has 1 aromatic rings. The van der Waals surface area contributed by atoms with Crippen LogP contribution >= 0.6 is 0 Å². The smallest absolute Gasteiger partial charge is 0.318 e. The highest BCUT2D eigenvalue weighted by Gasteiger charge is 2.03. The van der Waals surface area contributed by atoms with Crippen LogP contribution in [0.2, 0.25) is 0 Å². The molecule has 0 aliphatic rings. The van der Waals surface area contributed by atoms with Gasteiger partial charge in [0.1, 0.15) is 0 Å². The number of carbonyl (C=O) groups is 2. The van der Waals surface area contributed by atoms with Gasteiger partial charge < -0.3 is 21.3 Å². The van der Waals surface area contributed by atoms with Crippen molar-refractivity contribution in [2.75, 3.05) is 24.2 Å². The van der Waals surface area contributed by atoms with Gasteiger partial charge in [0, 0.05) is 24.5 Å². The number of hydrogen-bond donors (Lipinski definition) is 4. The SMILES string of the molecule is CNC(=O)Nc1ccc(NC(=O)CNC(C)C)cc1. The quantitative estimate of drug-likeness (QED) is 0.648. The fourth-order valence-electron chi connectivity index (χ4n) is 1.33. The van der Waals surface area contributed by atoms with Gasteiger partial charge in [0.15, 0.2) is 0 Å². The van der Waals surface area contributed by atoms with E-state index in [4.69, 9.17) is 0 Å². The lowest BCUT2D eigenvalue weighted by Gasteiger charge is -2.09. The number of carbonyl (C=O) groups excluding carboxylic acids is 2. The monoisotopic (exact) mass is 264 g/mol. The van der Waals surface area contributed by atoms with Crippen molar-refractivity contribution >= 4 is 23.3 Å². The average molecular weight is 264 g/mol. The second-order valence-corrected chi connectivity index (χ2v) is 4.37. The van der Waals surface area contributed by atoms with E-state index in [-0.39, 0.29) is 24.5 Å². The van der Waals surface area contributed by atoms with E-state index in [9.17, 15) is 9.59 Å². The molecule has 1 rings (SSSR count). The van der Waals surface area contributed by atoms with Gasteiger partial charge in [-0.3, -0.25) is 4.79 Å². The Balaban J connectivity index is 2.47. The molecule has 0 spiro atoms. The third-order valence-electron chi connectivity index (χ3n) is 2.32. The molecule has 0 aliphatic heterocycles. The fourth-order valence-corrected chi connectivity index (χ4v) is 1.33. The Morgan fingerprint density at radius 2 is 1.58 bits per heavy atom. The predicted octanol–water partition coefficient (Wildman–Crippen LogP) is 1.37. The first-order valence-corrected chi connectivity index (χ1v) is 6.13. The Hall–Kier alpha value is -2.08. The average Bonchev–Trinajstić information content (AvgIpc) is 2.38. The van der Waals surface area contributed by atoms with Gasteiger partial charge in [-0.05, 0) is 24.3 Å². The van der Waals surface area contributed by atoms with Crippen molar-refractivity contribution in [3.05, 3.63) is 24.3 Å². The minimum atomic E-state index is -0.280. The first kappa shape index (κ1) is 15.0. The van der Waals surface area contributed by atoms with Gasteiger partial charge in [0.25, 0.3) is 0 Å². The Morgan fingerprint density at radius 1 is 1.05 bits per heavy atom. The zero-order valence-electron chi connectivity index (χ0n) is 11.4. The summed E-state index contributed by atoms with van der Waals surface area (Å²) in [4.78, 5) is 22.7. The first-order valence-electron chi connectivity index (χ1n) is 6.13. The molecule has 6 nitrogen and oxygen atoms in total. The molecule has 0 fully saturated rings. The van der Waals surface area contributed by atoms with Crippen LogP contribution in [0, 0.1) is 0 Å². The summed E-state index contributed by atoms with van der Waals surface area (Å²) in [6, 6.07) is 6.90. The number of anilines is 2. The van der Waals surface area contributed by atoms with Crippen LogP contribution in [-0.2, 0) is 4.79 Å². The van der Waals surface area contributed by atoms with Gasteiger partial charge >= 0.3 is 6.03 Å². The number of benzene rings is 1. The summed E-state index contributed by atoms with van der Waals surface area (Å²) in [5, 5.41) is 10.9. The van der Waals surface area contributed by atoms with E-state index in [1.165, 1.54) is 0 Å². The molecule has 0 saturated carbocycles. The Bertz CT molecular complexity index is 429. The van der Waals surface area contributed by atoms with Crippen LogP contribution in [0.15, 0.2) is 24.3 Å². The maximum atomic E-state index is 11.6. The molecule has 0 aromatic heterocycles. The van der Waals surface area contributed by atoms with Gasteiger partial charge in [-0.2, -0.15) is 0 Å². The lowest BCUT2D eigenvalue weighted by atomic mass is 10.2. The Labute approximate surface area is 113 Å². The van der Waals surface area contributed by atoms with E-state index < -0.39 is 0 Å². The summed E-state index contributed by atoms with van der Waals surface area (Å²) < 4.78 is 0. The third-order valence-corrected chi connectivity index (χ3v) is 2.32. The highest BCUT2D eigenvalue weighted by Crippen LogP contribution is 2.13. The van der Waals surface area contributed by atoms with E-state index in [0.717, 1.165) is 0 Å². The molecule has 0 atom stereocenters. The number of hydrogen-bond acceptors (Lipinski definition) is 3. The number of amides is 3. The molecular weight excluding hydrogens is 244 g/mol. The molecule has 104 valence electrons. The Kier molecular flexibility index (Phi) is 5.81. The Morgan fingerprint density at radius 3 is 2.05 bits per heavy atom. The first-order chi connectivity index (χ1) is 9.01. The van der Waals surface area contributed by atoms with Crippen LogP contribution < -0.4 is 21.3 Å². The summed E-state index contributed by atoms with van der Waals surface area (Å²) in [5.41, 5.74) is 1.36. The van der Waals surface area contributed by atoms with Crippen molar-refractivity contribution in [1.82, 2.24) is 10.6 Å². The van der Waals surface area contributed by atoms with Crippen molar-refractivity contribution in [2.45, 2.75) is 19.9 Å². The molecule has 3 amide bonds. The van der Waals surface area contributed by atoms with E-state index in [2.05, 4.69) is 21.3 Å². The molecule has 0 unspecified atom stereocenters. The number of urea groups is 1. The van der Waals surface area contributed by atoms with Crippen LogP contribution in [0.25, 0.3) is 0 Å². The zero-order valence-corrected chi connectivity index (χ0v) is 11.4. The maximum Gasteiger partial charge on any atom is 0.318 e. The van der Waals surface area contributed by atoms with E-state index >= 15 is 0 Å². The molecule has 0 aliphatic carbocycles. The molecule has 0 radical (unpaired) electrons. The summed E-state index contributed by atoms with van der Waals surface area (Å²) >= 11 is 0. The second-order valence-electron chi connectivity index (χ2n) is 4.37. The molecule has 0 saturated heterocycles. The lowest BCUT2D eigenvalue weighted by molar-refractivity contribution is -0.115. The molecule has 4 N–H and O–H groups in total. The van der Waals surface area contributed by atoms with Crippen LogP contribution in [0.5, 0.6) is 0 Å². The van der Waals surface area contributed by atoms with Crippen LogP contribution in [0.1, 0.15) is 13.8 Å². The summed E-state index contributed by atoms with van der Waals surface area (Å²) in [6.07, 6.45) is 0. The highest BCUT2D eigenvalue weighted by molar-refractivity contribution is 5.93. The maximum absolute atomic E-state index is 11.6. The molecule has 6 heteroatoms. The van der Waals surface area contributed by atoms with Crippen LogP contribution in [0.4, 0.5) is 16.2 Å². The van der Waals surface area contributed by atoms with Crippen molar-refractivity contribution in [3.8, 4) is 0 Å². The van der Waals surface area contributed by atoms with Crippen molar-refractivity contribution in [2.24, 2.45) is 0 Å². The molecule has 19 heavy (non-hydrogen) atoms. The predicted molar refractivity (Wildman–Crippen MR) is 76.3 cm³/mol. The minimum Gasteiger partial charge on any atom is -0.341 e. The molecule has 1 aromatic carbocycles. The van der Waals surface area contributed by atoms with Gasteiger partial charge in [-0.15, -0.1) is 0 Å². The number of nitrogens with one attached hydrogen (secondary N) is 4. The van der Waals surface area contributed by atoms with E-state index in [1.54, 1.807) is 31.3 Å². The zero-order chi connectivity index (χ0) is 14.3. The number of rotatable bonds is 5. The van der Waals surface area contributed by atoms with Gasteiger partial charge in [0.2, 0.25) is 5.91 Å². The van der Waals surface area contributed by atoms with Gasteiger partial charge in [-0.25, -0.2) is 4.79 Å². The van der Waals surface area contributed by atoms with Crippen LogP contribution in [-0.4, -0.2) is 31.6 Å². The largest absolute Gasteiger partial charge is 0.341 e. The summed E-state index contributed by atoms with van der Waals surface area (Å²) in [5.74, 6) is -0.0966. The second kappa shape index (κ2) is 7.38. The minimum absolute atomic E-state index is 0.0966. The topological polar surface area (TPSA) is 82.3 Å². The summed E-state index contributed by atoms with van der Waals surface area (Å²) in [6.45, 7) is 4.23. The summed E-state index contributed by atoms with van der Waals surface area (Å²) in [7, 11) is 1.55. The molecule has 0 heterocycles. The van der Waals surface area contributed by atoms with E-state index in [0.29, 0.717) is 11.4 Å². The van der Waals surface area contributed by atoms with Crippen molar-refractivity contribution in [1.29, 1.82) is 0 Å². The normalized spacial score (nSPS) is 10.1. The molecular formula is C13H20N4O2. The molecule has 0 bridgehead atoms. The standard InChI is InChI=1S/C13H20N4O2/c1-9(2)15-8-12(18)16-10-4-6-11(7-5-10)17-13(19)14-3/h4-7,9,15H,8H2,1-3H3,(H,16,18)(H2,14,17,19). The van der Waals surface area contributed by atoms with Crippen molar-refractivity contribution < 1.29 is 9.59 Å². The third kappa shape index (κ3) is 5.87. The van der Waals surface area contributed by atoms with Crippen molar-refractivity contribution in [3.63, 3.8) is 0 Å². The van der Waals surface area contributed by atoms with E-state index in [1.807, 2.05) is 13.8 Å². The van der Waals surface area contributed by atoms with Gasteiger partial charge in [-0.1, -0.05) is 13.8 Å². The lowest BCUT2D eigenvalue weighted by Crippen LogP contribution is -2.32. The highest BCUT2D eigenvalue weighted by atomic mass is 16.2. The fraction of sp³-hybridized carbons (Fsp3) is 0.385. The van der Waals surface area contributed by atoms with Crippen LogP contribution in [0.3, 0.4) is 0 Å².